The van der Waals surface area contributed by atoms with Crippen molar-refractivity contribution in [3.05, 3.63) is 0 Å². The molecule has 0 saturated heterocycles. The molecule has 0 radical (unpaired) electrons. The lowest BCUT2D eigenvalue weighted by molar-refractivity contribution is -0.132. The summed E-state index contributed by atoms with van der Waals surface area (Å²) in [4.78, 5) is 37.1. The van der Waals surface area contributed by atoms with Crippen LogP contribution in [0.3, 0.4) is 0 Å². The number of hydrogen-bond donors (Lipinski definition) is 4. The molecule has 0 rings (SSSR count). The number of unbranched alkanes of at least 4 members (excludes halogenated alkanes) is 1. The second-order valence-corrected chi connectivity index (χ2v) is 7.66. The number of rotatable bonds is 13. The molecule has 3 atom stereocenters. The van der Waals surface area contributed by atoms with Crippen molar-refractivity contribution in [3.63, 3.8) is 0 Å². The first kappa shape index (κ1) is 24.5. The van der Waals surface area contributed by atoms with Gasteiger partial charge in [0, 0.05) is 0 Å². The average Bonchev–Trinajstić information content (AvgIpc) is 2.52. The van der Waals surface area contributed by atoms with Crippen LogP contribution < -0.4 is 21.7 Å². The fourth-order valence-corrected chi connectivity index (χ4v) is 2.87. The van der Waals surface area contributed by atoms with Crippen LogP contribution in [-0.2, 0) is 14.4 Å². The Hall–Kier alpha value is -1.47. The lowest BCUT2D eigenvalue weighted by Gasteiger charge is -2.26. The van der Waals surface area contributed by atoms with E-state index in [1.807, 2.05) is 27.7 Å². The van der Waals surface area contributed by atoms with Gasteiger partial charge in [0.05, 0.1) is 12.1 Å². The van der Waals surface area contributed by atoms with E-state index >= 15 is 0 Å². The summed E-state index contributed by atoms with van der Waals surface area (Å²) in [5.74, 6) is -0.264. The highest BCUT2D eigenvalue weighted by Crippen LogP contribution is 2.09. The molecule has 7 nitrogen and oxygen atoms in total. The molecular formula is C19H38N4O3. The molecule has 0 aliphatic carbocycles. The zero-order chi connectivity index (χ0) is 20.3. The summed E-state index contributed by atoms with van der Waals surface area (Å²) >= 11 is 0. The zero-order valence-corrected chi connectivity index (χ0v) is 17.2. The molecule has 0 saturated carbocycles. The predicted octanol–water partition coefficient (Wildman–Crippen LogP) is 0.964. The van der Waals surface area contributed by atoms with Gasteiger partial charge in [-0.1, -0.05) is 27.7 Å². The van der Waals surface area contributed by atoms with E-state index in [0.29, 0.717) is 19.4 Å². The number of ketones is 1. The van der Waals surface area contributed by atoms with Crippen LogP contribution in [0.2, 0.25) is 0 Å². The standard InChI is InChI=1S/C19H38N4O3/c1-12(2)11-16(23-19(26)17(21-6)13(3)4)18(25)22-15(14(5)24)9-7-8-10-20/h12-13,15-17,21H,7-11,20H2,1-6H3,(H,22,25)(H,23,26). The molecule has 0 aliphatic rings. The van der Waals surface area contributed by atoms with Gasteiger partial charge in [-0.25, -0.2) is 0 Å². The van der Waals surface area contributed by atoms with E-state index in [9.17, 15) is 14.4 Å². The zero-order valence-electron chi connectivity index (χ0n) is 17.2. The van der Waals surface area contributed by atoms with Gasteiger partial charge in [0.25, 0.3) is 0 Å². The Labute approximate surface area is 158 Å². The highest BCUT2D eigenvalue weighted by molar-refractivity contribution is 5.93. The van der Waals surface area contributed by atoms with Crippen molar-refractivity contribution in [1.82, 2.24) is 16.0 Å². The first-order valence-electron chi connectivity index (χ1n) is 9.62. The van der Waals surface area contributed by atoms with Crippen LogP contribution >= 0.6 is 0 Å². The maximum atomic E-state index is 12.7. The topological polar surface area (TPSA) is 113 Å². The molecular weight excluding hydrogens is 332 g/mol. The van der Waals surface area contributed by atoms with Crippen LogP contribution in [0.1, 0.15) is 60.3 Å². The largest absolute Gasteiger partial charge is 0.345 e. The molecule has 0 fully saturated rings. The normalized spacial score (nSPS) is 14.8. The van der Waals surface area contributed by atoms with Gasteiger partial charge in [0.15, 0.2) is 5.78 Å². The predicted molar refractivity (Wildman–Crippen MR) is 105 cm³/mol. The van der Waals surface area contributed by atoms with Crippen molar-refractivity contribution < 1.29 is 14.4 Å². The van der Waals surface area contributed by atoms with E-state index in [4.69, 9.17) is 5.73 Å². The number of likely N-dealkylation sites (N-methyl/N-ethyl adjacent to an activating group) is 1. The van der Waals surface area contributed by atoms with Crippen LogP contribution in [0.15, 0.2) is 0 Å². The summed E-state index contributed by atoms with van der Waals surface area (Å²) in [7, 11) is 1.73. The van der Waals surface area contributed by atoms with Crippen molar-refractivity contribution in [1.29, 1.82) is 0 Å². The second-order valence-electron chi connectivity index (χ2n) is 7.66. The third-order valence-corrected chi connectivity index (χ3v) is 4.35. The maximum absolute atomic E-state index is 12.7. The lowest BCUT2D eigenvalue weighted by atomic mass is 9.99. The van der Waals surface area contributed by atoms with E-state index < -0.39 is 12.1 Å². The van der Waals surface area contributed by atoms with Crippen molar-refractivity contribution in [2.45, 2.75) is 78.4 Å². The Bertz CT molecular complexity index is 452. The number of carbonyl (C=O) groups is 3. The summed E-state index contributed by atoms with van der Waals surface area (Å²) < 4.78 is 0. The third kappa shape index (κ3) is 9.29. The van der Waals surface area contributed by atoms with Gasteiger partial charge in [-0.05, 0) is 58.0 Å². The van der Waals surface area contributed by atoms with Crippen molar-refractivity contribution in [2.24, 2.45) is 17.6 Å². The molecule has 0 heterocycles. The van der Waals surface area contributed by atoms with Crippen LogP contribution in [0.4, 0.5) is 0 Å². The van der Waals surface area contributed by atoms with Crippen molar-refractivity contribution in [3.8, 4) is 0 Å². The molecule has 26 heavy (non-hydrogen) atoms. The first-order valence-corrected chi connectivity index (χ1v) is 9.62. The molecule has 0 aromatic carbocycles. The Balaban J connectivity index is 5.05. The molecule has 3 unspecified atom stereocenters. The fourth-order valence-electron chi connectivity index (χ4n) is 2.87. The van der Waals surface area contributed by atoms with Gasteiger partial charge in [0.2, 0.25) is 11.8 Å². The molecule has 2 amide bonds. The first-order chi connectivity index (χ1) is 12.1. The summed E-state index contributed by atoms with van der Waals surface area (Å²) in [6, 6.07) is -1.56. The van der Waals surface area contributed by atoms with E-state index in [-0.39, 0.29) is 35.5 Å². The number of amides is 2. The smallest absolute Gasteiger partial charge is 0.243 e. The summed E-state index contributed by atoms with van der Waals surface area (Å²) in [5.41, 5.74) is 5.49. The van der Waals surface area contributed by atoms with Gasteiger partial charge < -0.3 is 21.7 Å². The SMILES string of the molecule is CNC(C(=O)NC(CC(C)C)C(=O)NC(CCCCN)C(C)=O)C(C)C. The van der Waals surface area contributed by atoms with Crippen LogP contribution in [0, 0.1) is 11.8 Å². The minimum atomic E-state index is -0.659. The quantitative estimate of drug-likeness (QED) is 0.361. The van der Waals surface area contributed by atoms with Gasteiger partial charge in [-0.2, -0.15) is 0 Å². The maximum Gasteiger partial charge on any atom is 0.243 e. The van der Waals surface area contributed by atoms with E-state index in [1.54, 1.807) is 7.05 Å². The van der Waals surface area contributed by atoms with E-state index in [1.165, 1.54) is 6.92 Å². The summed E-state index contributed by atoms with van der Waals surface area (Å²) in [6.07, 6.45) is 2.66. The molecule has 7 heteroatoms. The van der Waals surface area contributed by atoms with Crippen molar-refractivity contribution in [2.75, 3.05) is 13.6 Å². The lowest BCUT2D eigenvalue weighted by Crippen LogP contribution is -2.55. The van der Waals surface area contributed by atoms with E-state index in [0.717, 1.165) is 12.8 Å². The van der Waals surface area contributed by atoms with E-state index in [2.05, 4.69) is 16.0 Å². The number of hydrogen-bond acceptors (Lipinski definition) is 5. The molecule has 0 spiro atoms. The van der Waals surface area contributed by atoms with Gasteiger partial charge in [-0.15, -0.1) is 0 Å². The Morgan fingerprint density at radius 1 is 0.923 bits per heavy atom. The minimum absolute atomic E-state index is 0.0831. The molecule has 5 N–H and O–H groups in total. The molecule has 0 aromatic heterocycles. The number of nitrogens with two attached hydrogens (primary N) is 1. The summed E-state index contributed by atoms with van der Waals surface area (Å²) in [5, 5.41) is 8.64. The number of Topliss-reactive ketones (excluding diaryl/α,β-unsaturated/α-hetero) is 1. The Morgan fingerprint density at radius 3 is 1.92 bits per heavy atom. The molecule has 152 valence electrons. The number of carbonyl (C=O) groups excluding carboxylic acids is 3. The molecule has 0 aliphatic heterocycles. The van der Waals surface area contributed by atoms with Gasteiger partial charge >= 0.3 is 0 Å². The minimum Gasteiger partial charge on any atom is -0.345 e. The summed E-state index contributed by atoms with van der Waals surface area (Å²) in [6.45, 7) is 9.91. The van der Waals surface area contributed by atoms with Crippen LogP contribution in [0.25, 0.3) is 0 Å². The highest BCUT2D eigenvalue weighted by atomic mass is 16.2. The average molecular weight is 371 g/mol. The number of nitrogens with one attached hydrogen (secondary N) is 3. The Morgan fingerprint density at radius 2 is 1.50 bits per heavy atom. The van der Waals surface area contributed by atoms with Crippen LogP contribution in [-0.4, -0.2) is 49.3 Å². The highest BCUT2D eigenvalue weighted by Gasteiger charge is 2.28. The molecule has 0 bridgehead atoms. The third-order valence-electron chi connectivity index (χ3n) is 4.35. The fraction of sp³-hybridized carbons (Fsp3) is 0.842. The second kappa shape index (κ2) is 12.8. The molecule has 0 aromatic rings. The monoisotopic (exact) mass is 370 g/mol. The van der Waals surface area contributed by atoms with Crippen LogP contribution in [0.5, 0.6) is 0 Å². The van der Waals surface area contributed by atoms with Gasteiger partial charge in [-0.3, -0.25) is 14.4 Å². The van der Waals surface area contributed by atoms with Gasteiger partial charge in [0.1, 0.15) is 6.04 Å². The van der Waals surface area contributed by atoms with Crippen molar-refractivity contribution >= 4 is 17.6 Å². The Kier molecular flexibility index (Phi) is 12.1.